The number of methoxy groups -OCH3 is 2. The maximum Gasteiger partial charge on any atom is 0.254 e. The largest absolute Gasteiger partial charge is 0.493 e. The van der Waals surface area contributed by atoms with Crippen molar-refractivity contribution >= 4 is 5.91 Å². The average Bonchev–Trinajstić information content (AvgIpc) is 2.82. The first-order valence-corrected chi connectivity index (χ1v) is 11.1. The van der Waals surface area contributed by atoms with Gasteiger partial charge in [0.1, 0.15) is 5.82 Å². The Labute approximate surface area is 195 Å². The van der Waals surface area contributed by atoms with Gasteiger partial charge in [-0.05, 0) is 70.5 Å². The van der Waals surface area contributed by atoms with Gasteiger partial charge in [0.25, 0.3) is 5.91 Å². The number of rotatable bonds is 4. The lowest BCUT2D eigenvalue weighted by Crippen LogP contribution is -2.40. The Bertz CT molecular complexity index is 1150. The first-order chi connectivity index (χ1) is 15.7. The topological polar surface area (TPSA) is 38.8 Å². The van der Waals surface area contributed by atoms with Gasteiger partial charge >= 0.3 is 0 Å². The maximum atomic E-state index is 13.7. The molecule has 0 fully saturated rings. The van der Waals surface area contributed by atoms with E-state index >= 15 is 0 Å². The number of fused-ring (bicyclic) bond motifs is 1. The summed E-state index contributed by atoms with van der Waals surface area (Å²) >= 11 is 0. The SMILES string of the molecule is COc1cc2c(cc1OC)[C@H](c1ccc(F)cc1)N(C(=O)c1ccc(C(C)(C)C)cc1)CC2. The zero-order chi connectivity index (χ0) is 23.8. The first-order valence-electron chi connectivity index (χ1n) is 11.1. The van der Waals surface area contributed by atoms with Crippen LogP contribution in [0.15, 0.2) is 60.7 Å². The molecular formula is C28H30FNO3. The third kappa shape index (κ3) is 4.45. The number of halogens is 1. The summed E-state index contributed by atoms with van der Waals surface area (Å²) in [6.07, 6.45) is 0.694. The van der Waals surface area contributed by atoms with E-state index in [1.165, 1.54) is 17.7 Å². The van der Waals surface area contributed by atoms with Crippen LogP contribution in [0.2, 0.25) is 0 Å². The third-order valence-electron chi connectivity index (χ3n) is 6.32. The summed E-state index contributed by atoms with van der Waals surface area (Å²) in [5.41, 5.74) is 4.73. The third-order valence-corrected chi connectivity index (χ3v) is 6.32. The molecule has 0 aliphatic carbocycles. The van der Waals surface area contributed by atoms with Gasteiger partial charge in [0.05, 0.1) is 20.3 Å². The molecule has 0 saturated heterocycles. The number of nitrogens with zero attached hydrogens (tertiary/aromatic N) is 1. The fourth-order valence-electron chi connectivity index (χ4n) is 4.45. The normalized spacial score (nSPS) is 15.7. The molecule has 4 nitrogen and oxygen atoms in total. The summed E-state index contributed by atoms with van der Waals surface area (Å²) in [5.74, 6) is 0.904. The minimum atomic E-state index is -0.357. The van der Waals surface area contributed by atoms with Crippen LogP contribution in [0, 0.1) is 5.82 Å². The summed E-state index contributed by atoms with van der Waals surface area (Å²) in [6, 6.07) is 17.7. The Morgan fingerprint density at radius 3 is 2.12 bits per heavy atom. The van der Waals surface area contributed by atoms with Gasteiger partial charge in [-0.15, -0.1) is 0 Å². The Morgan fingerprint density at radius 2 is 1.55 bits per heavy atom. The lowest BCUT2D eigenvalue weighted by atomic mass is 9.85. The minimum Gasteiger partial charge on any atom is -0.493 e. The van der Waals surface area contributed by atoms with Crippen molar-refractivity contribution in [1.82, 2.24) is 4.90 Å². The summed E-state index contributed by atoms with van der Waals surface area (Å²) < 4.78 is 24.7. The second-order valence-electron chi connectivity index (χ2n) is 9.44. The quantitative estimate of drug-likeness (QED) is 0.498. The van der Waals surface area contributed by atoms with E-state index in [-0.39, 0.29) is 23.2 Å². The number of hydrogen-bond donors (Lipinski definition) is 0. The Kier molecular flexibility index (Phi) is 6.15. The first kappa shape index (κ1) is 22.8. The molecule has 0 bridgehead atoms. The summed E-state index contributed by atoms with van der Waals surface area (Å²) in [7, 11) is 3.21. The lowest BCUT2D eigenvalue weighted by Gasteiger charge is -2.38. The van der Waals surface area contributed by atoms with Gasteiger partial charge < -0.3 is 14.4 Å². The highest BCUT2D eigenvalue weighted by Crippen LogP contribution is 2.41. The van der Waals surface area contributed by atoms with Gasteiger partial charge in [0, 0.05) is 12.1 Å². The molecule has 0 saturated carbocycles. The molecule has 5 heteroatoms. The number of amides is 1. The van der Waals surface area contributed by atoms with Crippen molar-refractivity contribution < 1.29 is 18.7 Å². The highest BCUT2D eigenvalue weighted by atomic mass is 19.1. The Balaban J connectivity index is 1.79. The molecule has 172 valence electrons. The van der Waals surface area contributed by atoms with E-state index < -0.39 is 0 Å². The van der Waals surface area contributed by atoms with Crippen LogP contribution < -0.4 is 9.47 Å². The lowest BCUT2D eigenvalue weighted by molar-refractivity contribution is 0.0694. The van der Waals surface area contributed by atoms with Crippen LogP contribution in [0.25, 0.3) is 0 Å². The van der Waals surface area contributed by atoms with Crippen molar-refractivity contribution in [3.05, 3.63) is 94.3 Å². The van der Waals surface area contributed by atoms with Gasteiger partial charge in [0.2, 0.25) is 0 Å². The van der Waals surface area contributed by atoms with Crippen LogP contribution in [0.3, 0.4) is 0 Å². The standard InChI is InChI=1S/C28H30FNO3/c1-28(2,3)21-10-6-19(7-11-21)27(31)30-15-14-20-16-24(32-4)25(33-5)17-23(20)26(30)18-8-12-22(29)13-9-18/h6-13,16-17,26H,14-15H2,1-5H3/t26-/m0/s1. The summed E-state index contributed by atoms with van der Waals surface area (Å²) in [4.78, 5) is 15.6. The van der Waals surface area contributed by atoms with Crippen molar-refractivity contribution in [2.45, 2.75) is 38.6 Å². The number of ether oxygens (including phenoxy) is 2. The van der Waals surface area contributed by atoms with Gasteiger partial charge in [0.15, 0.2) is 11.5 Å². The van der Waals surface area contributed by atoms with Crippen LogP contribution in [-0.2, 0) is 11.8 Å². The summed E-state index contributed by atoms with van der Waals surface area (Å²) in [6.45, 7) is 7.00. The number of hydrogen-bond acceptors (Lipinski definition) is 3. The molecule has 1 heterocycles. The van der Waals surface area contributed by atoms with Crippen LogP contribution in [0.1, 0.15) is 59.4 Å². The molecule has 3 aromatic carbocycles. The van der Waals surface area contributed by atoms with Gasteiger partial charge in [-0.1, -0.05) is 45.0 Å². The number of benzene rings is 3. The predicted molar refractivity (Wildman–Crippen MR) is 128 cm³/mol. The van der Waals surface area contributed by atoms with Crippen molar-refractivity contribution in [3.8, 4) is 11.5 Å². The van der Waals surface area contributed by atoms with E-state index in [2.05, 4.69) is 20.8 Å². The second-order valence-corrected chi connectivity index (χ2v) is 9.44. The zero-order valence-electron chi connectivity index (χ0n) is 19.8. The molecule has 0 N–H and O–H groups in total. The number of carbonyl (C=O) groups excluding carboxylic acids is 1. The Morgan fingerprint density at radius 1 is 0.939 bits per heavy atom. The zero-order valence-corrected chi connectivity index (χ0v) is 19.8. The van der Waals surface area contributed by atoms with E-state index in [4.69, 9.17) is 9.47 Å². The molecule has 0 radical (unpaired) electrons. The van der Waals surface area contributed by atoms with Crippen molar-refractivity contribution in [2.75, 3.05) is 20.8 Å². The molecular weight excluding hydrogens is 417 g/mol. The molecule has 3 aromatic rings. The molecule has 1 aliphatic rings. The fraction of sp³-hybridized carbons (Fsp3) is 0.321. The molecule has 0 aromatic heterocycles. The van der Waals surface area contributed by atoms with E-state index in [0.29, 0.717) is 30.0 Å². The van der Waals surface area contributed by atoms with Crippen LogP contribution in [0.5, 0.6) is 11.5 Å². The van der Waals surface area contributed by atoms with E-state index in [1.54, 1.807) is 26.4 Å². The maximum absolute atomic E-state index is 13.7. The molecule has 1 amide bonds. The number of carbonyl (C=O) groups is 1. The van der Waals surface area contributed by atoms with Gasteiger partial charge in [-0.25, -0.2) is 4.39 Å². The predicted octanol–water partition coefficient (Wildman–Crippen LogP) is 5.93. The fourth-order valence-corrected chi connectivity index (χ4v) is 4.45. The summed E-state index contributed by atoms with van der Waals surface area (Å²) in [5, 5.41) is 0. The highest BCUT2D eigenvalue weighted by molar-refractivity contribution is 5.95. The van der Waals surface area contributed by atoms with E-state index in [1.807, 2.05) is 41.3 Å². The monoisotopic (exact) mass is 447 g/mol. The molecule has 1 atom stereocenters. The van der Waals surface area contributed by atoms with Crippen molar-refractivity contribution in [1.29, 1.82) is 0 Å². The molecule has 1 aliphatic heterocycles. The smallest absolute Gasteiger partial charge is 0.254 e. The molecule has 0 unspecified atom stereocenters. The van der Waals surface area contributed by atoms with Crippen molar-refractivity contribution in [2.24, 2.45) is 0 Å². The van der Waals surface area contributed by atoms with Crippen LogP contribution in [-0.4, -0.2) is 31.6 Å². The molecule has 33 heavy (non-hydrogen) atoms. The minimum absolute atomic E-state index is 0.0118. The Hall–Kier alpha value is -3.34. The molecule has 0 spiro atoms. The van der Waals surface area contributed by atoms with Gasteiger partial charge in [-0.3, -0.25) is 4.79 Å². The second kappa shape index (κ2) is 8.89. The van der Waals surface area contributed by atoms with Crippen LogP contribution >= 0.6 is 0 Å². The van der Waals surface area contributed by atoms with Crippen LogP contribution in [0.4, 0.5) is 4.39 Å². The highest BCUT2D eigenvalue weighted by Gasteiger charge is 2.34. The van der Waals surface area contributed by atoms with E-state index in [0.717, 1.165) is 16.7 Å². The van der Waals surface area contributed by atoms with Gasteiger partial charge in [-0.2, -0.15) is 0 Å². The average molecular weight is 448 g/mol. The molecule has 4 rings (SSSR count). The van der Waals surface area contributed by atoms with E-state index in [9.17, 15) is 9.18 Å². The van der Waals surface area contributed by atoms with Crippen molar-refractivity contribution in [3.63, 3.8) is 0 Å².